The third kappa shape index (κ3) is 3.13. The van der Waals surface area contributed by atoms with Gasteiger partial charge in [-0.1, -0.05) is 18.9 Å². The number of hydrogen-bond acceptors (Lipinski definition) is 6. The number of sulfone groups is 1. The van der Waals surface area contributed by atoms with Crippen LogP contribution in [0.3, 0.4) is 0 Å². The fourth-order valence-electron chi connectivity index (χ4n) is 5.92. The summed E-state index contributed by atoms with van der Waals surface area (Å²) in [6, 6.07) is 9.20. The summed E-state index contributed by atoms with van der Waals surface area (Å²) >= 11 is 0. The number of ether oxygens (including phenoxy) is 2. The summed E-state index contributed by atoms with van der Waals surface area (Å²) in [7, 11) is -3.62. The molecule has 1 atom stereocenters. The molecule has 1 saturated carbocycles. The molecule has 6 rings (SSSR count). The van der Waals surface area contributed by atoms with Gasteiger partial charge < -0.3 is 14.4 Å². The lowest BCUT2D eigenvalue weighted by Crippen LogP contribution is -2.48. The van der Waals surface area contributed by atoms with E-state index in [1.54, 1.807) is 24.4 Å². The summed E-state index contributed by atoms with van der Waals surface area (Å²) in [6.45, 7) is 3.63. The molecule has 3 aromatic rings. The SMILES string of the molecule is CC1c2cc3c(cc2C2(CCCC2)CN1C(=O)c1nc(S(C)(=O)=O)n2ccccc12)OCCO3. The van der Waals surface area contributed by atoms with Crippen LogP contribution < -0.4 is 9.47 Å². The molecule has 1 aliphatic carbocycles. The first-order valence-corrected chi connectivity index (χ1v) is 13.6. The third-order valence-corrected chi connectivity index (χ3v) is 8.50. The highest BCUT2D eigenvalue weighted by Gasteiger charge is 2.47. The highest BCUT2D eigenvalue weighted by atomic mass is 32.2. The van der Waals surface area contributed by atoms with Crippen molar-refractivity contribution < 1.29 is 22.7 Å². The molecule has 178 valence electrons. The van der Waals surface area contributed by atoms with Gasteiger partial charge in [-0.3, -0.25) is 9.20 Å². The molecule has 0 bridgehead atoms. The molecule has 0 saturated heterocycles. The Hall–Kier alpha value is -3.07. The number of nitrogens with zero attached hydrogens (tertiary/aromatic N) is 3. The number of amides is 1. The highest BCUT2D eigenvalue weighted by Crippen LogP contribution is 2.52. The van der Waals surface area contributed by atoms with Crippen LogP contribution >= 0.6 is 0 Å². The van der Waals surface area contributed by atoms with Crippen LogP contribution in [0.1, 0.15) is 60.3 Å². The van der Waals surface area contributed by atoms with Gasteiger partial charge in [0, 0.05) is 24.4 Å². The molecule has 4 heterocycles. The van der Waals surface area contributed by atoms with Crippen molar-refractivity contribution in [3.63, 3.8) is 0 Å². The van der Waals surface area contributed by atoms with Crippen molar-refractivity contribution >= 4 is 21.3 Å². The monoisotopic (exact) mass is 481 g/mol. The molecule has 2 aliphatic heterocycles. The van der Waals surface area contributed by atoms with Crippen LogP contribution in [-0.2, 0) is 15.3 Å². The molecule has 1 aromatic carbocycles. The van der Waals surface area contributed by atoms with Crippen molar-refractivity contribution in [2.75, 3.05) is 26.0 Å². The second-order valence-corrected chi connectivity index (χ2v) is 11.6. The van der Waals surface area contributed by atoms with Crippen LogP contribution in [0.15, 0.2) is 41.7 Å². The number of rotatable bonds is 2. The first-order chi connectivity index (χ1) is 16.3. The Morgan fingerprint density at radius 2 is 1.82 bits per heavy atom. The maximum absolute atomic E-state index is 14.0. The van der Waals surface area contributed by atoms with E-state index < -0.39 is 9.84 Å². The van der Waals surface area contributed by atoms with Gasteiger partial charge in [-0.15, -0.1) is 0 Å². The normalized spacial score (nSPS) is 21.1. The smallest absolute Gasteiger partial charge is 0.275 e. The van der Waals surface area contributed by atoms with Crippen LogP contribution in [0.4, 0.5) is 0 Å². The predicted octanol–water partition coefficient (Wildman–Crippen LogP) is 3.54. The molecule has 1 fully saturated rings. The second kappa shape index (κ2) is 7.46. The lowest BCUT2D eigenvalue weighted by atomic mass is 9.71. The standard InChI is InChI=1S/C25H27N3O5S/c1-16-17-13-20-21(33-12-11-32-20)14-18(17)25(8-4-5-9-25)15-28(16)23(29)22-19-7-3-6-10-27(19)24(26-22)34(2,30)31/h3,6-7,10,13-14,16H,4-5,8-9,11-12,15H2,1-2H3. The largest absolute Gasteiger partial charge is 0.486 e. The minimum atomic E-state index is -3.62. The highest BCUT2D eigenvalue weighted by molar-refractivity contribution is 7.90. The zero-order valence-corrected chi connectivity index (χ0v) is 20.1. The summed E-state index contributed by atoms with van der Waals surface area (Å²) < 4.78 is 38.0. The molecule has 0 radical (unpaired) electrons. The molecule has 34 heavy (non-hydrogen) atoms. The lowest BCUT2D eigenvalue weighted by molar-refractivity contribution is 0.0589. The number of fused-ring (bicyclic) bond motifs is 4. The van der Waals surface area contributed by atoms with Gasteiger partial charge in [-0.05, 0) is 55.2 Å². The number of pyridine rings is 1. The van der Waals surface area contributed by atoms with E-state index in [9.17, 15) is 13.2 Å². The average Bonchev–Trinajstić information content (AvgIpc) is 3.46. The van der Waals surface area contributed by atoms with Crippen molar-refractivity contribution in [2.45, 2.75) is 49.2 Å². The Bertz CT molecular complexity index is 1420. The second-order valence-electron chi connectivity index (χ2n) is 9.65. The third-order valence-electron chi connectivity index (χ3n) is 7.55. The maximum atomic E-state index is 14.0. The van der Waals surface area contributed by atoms with E-state index in [0.717, 1.165) is 43.3 Å². The number of carbonyl (C=O) groups excluding carboxylic acids is 1. The Morgan fingerprint density at radius 1 is 1.12 bits per heavy atom. The number of imidazole rings is 1. The van der Waals surface area contributed by atoms with E-state index >= 15 is 0 Å². The van der Waals surface area contributed by atoms with Gasteiger partial charge in [0.05, 0.1) is 11.6 Å². The molecular weight excluding hydrogens is 454 g/mol. The van der Waals surface area contributed by atoms with Gasteiger partial charge in [-0.25, -0.2) is 13.4 Å². The van der Waals surface area contributed by atoms with Gasteiger partial charge in [0.15, 0.2) is 17.2 Å². The molecule has 0 N–H and O–H groups in total. The van der Waals surface area contributed by atoms with E-state index in [1.165, 1.54) is 9.96 Å². The quantitative estimate of drug-likeness (QED) is 0.556. The van der Waals surface area contributed by atoms with Crippen molar-refractivity contribution in [3.05, 3.63) is 53.3 Å². The van der Waals surface area contributed by atoms with Crippen molar-refractivity contribution in [3.8, 4) is 11.5 Å². The Labute approximate surface area is 198 Å². The van der Waals surface area contributed by atoms with Crippen LogP contribution in [0.5, 0.6) is 11.5 Å². The molecule has 8 nitrogen and oxygen atoms in total. The van der Waals surface area contributed by atoms with Crippen molar-refractivity contribution in [1.29, 1.82) is 0 Å². The summed E-state index contributed by atoms with van der Waals surface area (Å²) in [5.74, 6) is 1.24. The predicted molar refractivity (Wildman–Crippen MR) is 125 cm³/mol. The first-order valence-electron chi connectivity index (χ1n) is 11.7. The van der Waals surface area contributed by atoms with Crippen molar-refractivity contribution in [1.82, 2.24) is 14.3 Å². The zero-order chi connectivity index (χ0) is 23.7. The minimum Gasteiger partial charge on any atom is -0.486 e. The van der Waals surface area contributed by atoms with Crippen molar-refractivity contribution in [2.24, 2.45) is 0 Å². The summed E-state index contributed by atoms with van der Waals surface area (Å²) in [4.78, 5) is 20.2. The fourth-order valence-corrected chi connectivity index (χ4v) is 6.69. The number of carbonyl (C=O) groups is 1. The van der Waals surface area contributed by atoms with E-state index in [2.05, 4.69) is 11.1 Å². The summed E-state index contributed by atoms with van der Waals surface area (Å²) in [5.41, 5.74) is 2.83. The molecule has 2 aromatic heterocycles. The molecule has 1 amide bonds. The lowest BCUT2D eigenvalue weighted by Gasteiger charge is -2.46. The Kier molecular flexibility index (Phi) is 4.71. The van der Waals surface area contributed by atoms with E-state index in [0.29, 0.717) is 31.0 Å². The van der Waals surface area contributed by atoms with Gasteiger partial charge in [0.1, 0.15) is 13.2 Å². The van der Waals surface area contributed by atoms with Gasteiger partial charge in [-0.2, -0.15) is 0 Å². The molecule has 3 aliphatic rings. The fraction of sp³-hybridized carbons (Fsp3) is 0.440. The first kappa shape index (κ1) is 21.5. The van der Waals surface area contributed by atoms with E-state index in [4.69, 9.17) is 9.47 Å². The minimum absolute atomic E-state index is 0.119. The number of aromatic nitrogens is 2. The Balaban J connectivity index is 1.49. The summed E-state index contributed by atoms with van der Waals surface area (Å²) in [6.07, 6.45) is 6.95. The van der Waals surface area contributed by atoms with Crippen LogP contribution in [0.2, 0.25) is 0 Å². The van der Waals surface area contributed by atoms with Gasteiger partial charge >= 0.3 is 0 Å². The van der Waals surface area contributed by atoms with E-state index in [1.807, 2.05) is 17.9 Å². The van der Waals surface area contributed by atoms with Crippen LogP contribution in [0, 0.1) is 0 Å². The molecule has 1 unspecified atom stereocenters. The van der Waals surface area contributed by atoms with Crippen LogP contribution in [-0.4, -0.2) is 54.6 Å². The molecule has 1 spiro atoms. The molecular formula is C25H27N3O5S. The maximum Gasteiger partial charge on any atom is 0.275 e. The zero-order valence-electron chi connectivity index (χ0n) is 19.3. The number of benzene rings is 1. The topological polar surface area (TPSA) is 90.2 Å². The van der Waals surface area contributed by atoms with Crippen LogP contribution in [0.25, 0.3) is 5.52 Å². The average molecular weight is 482 g/mol. The molecule has 9 heteroatoms. The van der Waals surface area contributed by atoms with Gasteiger partial charge in [0.25, 0.3) is 5.91 Å². The van der Waals surface area contributed by atoms with Gasteiger partial charge in [0.2, 0.25) is 15.0 Å². The Morgan fingerprint density at radius 3 is 2.53 bits per heavy atom. The summed E-state index contributed by atoms with van der Waals surface area (Å²) in [5, 5.41) is -0.119. The van der Waals surface area contributed by atoms with E-state index in [-0.39, 0.29) is 28.2 Å². The number of hydrogen-bond donors (Lipinski definition) is 0.